The number of ketones is 1. The van der Waals surface area contributed by atoms with Crippen molar-refractivity contribution in [3.8, 4) is 23.0 Å². The van der Waals surface area contributed by atoms with E-state index in [-0.39, 0.29) is 29.2 Å². The highest BCUT2D eigenvalue weighted by Gasteiger charge is 2.46. The van der Waals surface area contributed by atoms with Gasteiger partial charge in [0.1, 0.15) is 11.6 Å². The zero-order valence-corrected chi connectivity index (χ0v) is 20.5. The Hall–Kier alpha value is -4.53. The Bertz CT molecular complexity index is 1370. The van der Waals surface area contributed by atoms with E-state index < -0.39 is 29.3 Å². The maximum Gasteiger partial charge on any atom is 0.295 e. The first-order valence-electron chi connectivity index (χ1n) is 11.4. The molecule has 0 bridgehead atoms. The number of phenolic OH excluding ortho intramolecular Hbond substituents is 1. The van der Waals surface area contributed by atoms with Crippen LogP contribution < -0.4 is 14.2 Å². The van der Waals surface area contributed by atoms with Crippen molar-refractivity contribution in [1.29, 1.82) is 0 Å². The fraction of sp³-hybridized carbons (Fsp3) is 0.214. The summed E-state index contributed by atoms with van der Waals surface area (Å²) in [6.07, 6.45) is 0.371. The first-order valence-corrected chi connectivity index (χ1v) is 11.4. The Morgan fingerprint density at radius 1 is 0.892 bits per heavy atom. The second-order valence-corrected chi connectivity index (χ2v) is 8.37. The molecule has 0 aromatic heterocycles. The lowest BCUT2D eigenvalue weighted by Crippen LogP contribution is -2.31. The number of aliphatic hydroxyl groups excluding tert-OH is 1. The van der Waals surface area contributed by atoms with Crippen molar-refractivity contribution in [1.82, 2.24) is 4.90 Å². The molecule has 8 nitrogen and oxygen atoms in total. The predicted molar refractivity (Wildman–Crippen MR) is 133 cm³/mol. The van der Waals surface area contributed by atoms with E-state index in [1.807, 2.05) is 6.07 Å². The molecule has 3 aromatic carbocycles. The van der Waals surface area contributed by atoms with Gasteiger partial charge >= 0.3 is 0 Å². The van der Waals surface area contributed by atoms with Gasteiger partial charge in [-0.05, 0) is 66.1 Å². The van der Waals surface area contributed by atoms with Crippen molar-refractivity contribution in [2.45, 2.75) is 12.5 Å². The van der Waals surface area contributed by atoms with E-state index in [0.717, 1.165) is 17.7 Å². The summed E-state index contributed by atoms with van der Waals surface area (Å²) in [4.78, 5) is 27.8. The van der Waals surface area contributed by atoms with Gasteiger partial charge in [0, 0.05) is 12.1 Å². The third-order valence-electron chi connectivity index (χ3n) is 6.27. The van der Waals surface area contributed by atoms with Gasteiger partial charge in [-0.3, -0.25) is 9.59 Å². The van der Waals surface area contributed by atoms with Crippen LogP contribution in [0.1, 0.15) is 22.7 Å². The lowest BCUT2D eigenvalue weighted by Gasteiger charge is -2.26. The molecule has 1 saturated heterocycles. The normalized spacial score (nSPS) is 16.6. The van der Waals surface area contributed by atoms with Gasteiger partial charge in [-0.2, -0.15) is 0 Å². The summed E-state index contributed by atoms with van der Waals surface area (Å²) in [5.74, 6) is -1.49. The number of aromatic hydroxyl groups is 1. The molecule has 192 valence electrons. The van der Waals surface area contributed by atoms with E-state index >= 15 is 0 Å². The lowest BCUT2D eigenvalue weighted by molar-refractivity contribution is -0.139. The number of carbonyl (C=O) groups excluding carboxylic acids is 2. The van der Waals surface area contributed by atoms with Crippen LogP contribution >= 0.6 is 0 Å². The minimum absolute atomic E-state index is 0.118. The van der Waals surface area contributed by atoms with E-state index in [4.69, 9.17) is 14.2 Å². The average molecular weight is 508 g/mol. The van der Waals surface area contributed by atoms with Gasteiger partial charge in [-0.1, -0.05) is 12.1 Å². The summed E-state index contributed by atoms with van der Waals surface area (Å²) in [7, 11) is 4.43. The molecule has 0 spiro atoms. The van der Waals surface area contributed by atoms with Crippen molar-refractivity contribution >= 4 is 17.4 Å². The van der Waals surface area contributed by atoms with E-state index in [9.17, 15) is 24.2 Å². The third kappa shape index (κ3) is 4.93. The molecule has 0 aliphatic carbocycles. The van der Waals surface area contributed by atoms with E-state index in [1.54, 1.807) is 18.2 Å². The highest BCUT2D eigenvalue weighted by Crippen LogP contribution is 2.42. The Morgan fingerprint density at radius 3 is 2.22 bits per heavy atom. The molecule has 0 radical (unpaired) electrons. The molecular formula is C28H26FNO7. The summed E-state index contributed by atoms with van der Waals surface area (Å²) in [6.45, 7) is 0.133. The van der Waals surface area contributed by atoms with Crippen molar-refractivity contribution in [2.75, 3.05) is 27.9 Å². The van der Waals surface area contributed by atoms with Crippen molar-refractivity contribution < 1.29 is 38.4 Å². The van der Waals surface area contributed by atoms with Gasteiger partial charge < -0.3 is 29.3 Å². The number of hydrogen-bond donors (Lipinski definition) is 2. The molecule has 1 atom stereocenters. The number of Topliss-reactive ketones (excluding diaryl/α,β-unsaturated/α-hetero) is 1. The fourth-order valence-corrected chi connectivity index (χ4v) is 4.37. The standard InChI is InChI=1S/C28H26FNO7/c1-35-21-11-4-16(14-23(21)37-3)12-13-30-25(18-7-10-20(31)22(15-18)36-2)24(27(33)28(30)34)26(32)17-5-8-19(29)9-6-17/h4-11,14-15,25,31-32H,12-13H2,1-3H3/t25-/m0/s1. The Balaban J connectivity index is 1.78. The SMILES string of the molecule is COc1cc([C@H]2C(=C(O)c3ccc(F)cc3)C(=O)C(=O)N2CCc2ccc(OC)c(OC)c2)ccc1O. The summed E-state index contributed by atoms with van der Waals surface area (Å²) in [5, 5.41) is 21.2. The molecule has 4 rings (SSSR count). The zero-order chi connectivity index (χ0) is 26.7. The molecule has 1 heterocycles. The first-order chi connectivity index (χ1) is 17.8. The molecule has 1 fully saturated rings. The molecule has 2 N–H and O–H groups in total. The second-order valence-electron chi connectivity index (χ2n) is 8.37. The quantitative estimate of drug-likeness (QED) is 0.267. The Labute approximate surface area is 213 Å². The number of ether oxygens (including phenoxy) is 3. The number of methoxy groups -OCH3 is 3. The maximum absolute atomic E-state index is 13.5. The number of phenols is 1. The topological polar surface area (TPSA) is 106 Å². The van der Waals surface area contributed by atoms with Crippen LogP contribution in [-0.4, -0.2) is 54.7 Å². The van der Waals surface area contributed by atoms with Crippen LogP contribution in [0.4, 0.5) is 4.39 Å². The molecule has 1 aliphatic heterocycles. The van der Waals surface area contributed by atoms with Crippen LogP contribution in [0.5, 0.6) is 23.0 Å². The minimum atomic E-state index is -0.973. The van der Waals surface area contributed by atoms with Crippen LogP contribution in [0.2, 0.25) is 0 Å². The van der Waals surface area contributed by atoms with Crippen molar-refractivity contribution in [3.05, 3.63) is 88.7 Å². The smallest absolute Gasteiger partial charge is 0.295 e. The number of rotatable bonds is 8. The molecule has 3 aromatic rings. The van der Waals surface area contributed by atoms with E-state index in [0.29, 0.717) is 23.5 Å². The third-order valence-corrected chi connectivity index (χ3v) is 6.27. The van der Waals surface area contributed by atoms with Crippen LogP contribution in [-0.2, 0) is 16.0 Å². The molecular weight excluding hydrogens is 481 g/mol. The lowest BCUT2D eigenvalue weighted by atomic mass is 9.95. The summed E-state index contributed by atoms with van der Waals surface area (Å²) < 4.78 is 29.3. The van der Waals surface area contributed by atoms with Crippen LogP contribution in [0, 0.1) is 5.82 Å². The predicted octanol–water partition coefficient (Wildman–Crippen LogP) is 4.22. The second kappa shape index (κ2) is 10.6. The molecule has 0 saturated carbocycles. The number of carbonyl (C=O) groups is 2. The summed E-state index contributed by atoms with van der Waals surface area (Å²) in [5.41, 5.74) is 1.33. The first kappa shape index (κ1) is 25.6. The number of halogens is 1. The number of benzene rings is 3. The Morgan fingerprint density at radius 2 is 1.57 bits per heavy atom. The van der Waals surface area contributed by atoms with Gasteiger partial charge in [-0.15, -0.1) is 0 Å². The fourth-order valence-electron chi connectivity index (χ4n) is 4.37. The maximum atomic E-state index is 13.5. The van der Waals surface area contributed by atoms with Gasteiger partial charge in [0.2, 0.25) is 0 Å². The highest BCUT2D eigenvalue weighted by molar-refractivity contribution is 6.46. The van der Waals surface area contributed by atoms with Crippen LogP contribution in [0.25, 0.3) is 5.76 Å². The van der Waals surface area contributed by atoms with Crippen molar-refractivity contribution in [2.24, 2.45) is 0 Å². The largest absolute Gasteiger partial charge is 0.507 e. The number of nitrogens with zero attached hydrogens (tertiary/aromatic N) is 1. The summed E-state index contributed by atoms with van der Waals surface area (Å²) in [6, 6.07) is 13.8. The van der Waals surface area contributed by atoms with E-state index in [2.05, 4.69) is 0 Å². The highest BCUT2D eigenvalue weighted by atomic mass is 19.1. The average Bonchev–Trinajstić information content (AvgIpc) is 3.16. The molecule has 1 amide bonds. The van der Waals surface area contributed by atoms with Gasteiger partial charge in [0.05, 0.1) is 32.9 Å². The molecule has 37 heavy (non-hydrogen) atoms. The van der Waals surface area contributed by atoms with Crippen LogP contribution in [0.3, 0.4) is 0 Å². The number of likely N-dealkylation sites (tertiary alicyclic amines) is 1. The number of amides is 1. The van der Waals surface area contributed by atoms with Gasteiger partial charge in [0.25, 0.3) is 11.7 Å². The number of aliphatic hydroxyl groups is 1. The van der Waals surface area contributed by atoms with Crippen molar-refractivity contribution in [3.63, 3.8) is 0 Å². The van der Waals surface area contributed by atoms with Gasteiger partial charge in [-0.25, -0.2) is 4.39 Å². The molecule has 1 aliphatic rings. The zero-order valence-electron chi connectivity index (χ0n) is 20.5. The van der Waals surface area contributed by atoms with E-state index in [1.165, 1.54) is 50.5 Å². The minimum Gasteiger partial charge on any atom is -0.507 e. The molecule has 9 heteroatoms. The van der Waals surface area contributed by atoms with Gasteiger partial charge in [0.15, 0.2) is 23.0 Å². The number of hydrogen-bond acceptors (Lipinski definition) is 7. The van der Waals surface area contributed by atoms with Crippen LogP contribution in [0.15, 0.2) is 66.2 Å². The Kier molecular flexibility index (Phi) is 7.33. The molecule has 0 unspecified atom stereocenters. The summed E-state index contributed by atoms with van der Waals surface area (Å²) >= 11 is 0. The monoisotopic (exact) mass is 507 g/mol.